The summed E-state index contributed by atoms with van der Waals surface area (Å²) in [6.45, 7) is 8.15. The highest BCUT2D eigenvalue weighted by atomic mass is 79.9. The highest BCUT2D eigenvalue weighted by molar-refractivity contribution is 9.10. The maximum atomic E-state index is 13.3. The van der Waals surface area contributed by atoms with E-state index in [1.54, 1.807) is 24.0 Å². The molecule has 1 N–H and O–H groups in total. The molecule has 0 bridgehead atoms. The van der Waals surface area contributed by atoms with Crippen molar-refractivity contribution < 1.29 is 18.0 Å². The third-order valence-electron chi connectivity index (χ3n) is 6.22. The highest BCUT2D eigenvalue weighted by Crippen LogP contribution is 2.20. The predicted molar refractivity (Wildman–Crippen MR) is 149 cm³/mol. The van der Waals surface area contributed by atoms with Crippen molar-refractivity contribution in [2.24, 2.45) is 0 Å². The molecule has 2 atom stereocenters. The number of halogens is 1. The molecule has 0 fully saturated rings. The number of aryl methyl sites for hydroxylation is 1. The second-order valence-corrected chi connectivity index (χ2v) is 11.9. The first-order valence-electron chi connectivity index (χ1n) is 12.4. The molecular formula is C27H38BrN3O4S. The summed E-state index contributed by atoms with van der Waals surface area (Å²) >= 11 is 3.42. The second kappa shape index (κ2) is 13.8. The van der Waals surface area contributed by atoms with Crippen molar-refractivity contribution in [1.82, 2.24) is 10.2 Å². The van der Waals surface area contributed by atoms with Gasteiger partial charge in [-0.3, -0.25) is 13.9 Å². The van der Waals surface area contributed by atoms with E-state index in [-0.39, 0.29) is 37.4 Å². The van der Waals surface area contributed by atoms with Crippen LogP contribution >= 0.6 is 15.9 Å². The van der Waals surface area contributed by atoms with E-state index < -0.39 is 16.1 Å². The van der Waals surface area contributed by atoms with Crippen molar-refractivity contribution in [1.29, 1.82) is 0 Å². The van der Waals surface area contributed by atoms with E-state index in [9.17, 15) is 18.0 Å². The molecule has 36 heavy (non-hydrogen) atoms. The van der Waals surface area contributed by atoms with E-state index >= 15 is 0 Å². The van der Waals surface area contributed by atoms with Gasteiger partial charge in [0.1, 0.15) is 6.04 Å². The van der Waals surface area contributed by atoms with E-state index in [1.807, 2.05) is 57.2 Å². The van der Waals surface area contributed by atoms with Crippen LogP contribution in [-0.2, 0) is 32.6 Å². The Bertz CT molecular complexity index is 1100. The number of amides is 2. The number of benzene rings is 2. The number of hydrogen-bond acceptors (Lipinski definition) is 4. The van der Waals surface area contributed by atoms with Gasteiger partial charge in [-0.15, -0.1) is 0 Å². The molecule has 9 heteroatoms. The molecule has 2 aromatic rings. The summed E-state index contributed by atoms with van der Waals surface area (Å²) < 4.78 is 27.2. The Morgan fingerprint density at radius 3 is 2.08 bits per heavy atom. The lowest BCUT2D eigenvalue weighted by molar-refractivity contribution is -0.140. The molecule has 0 radical (unpaired) electrons. The zero-order valence-electron chi connectivity index (χ0n) is 21.8. The fourth-order valence-corrected chi connectivity index (χ4v) is 4.97. The molecule has 0 saturated heterocycles. The summed E-state index contributed by atoms with van der Waals surface area (Å²) in [5.74, 6) is -0.400. The van der Waals surface area contributed by atoms with Crippen molar-refractivity contribution >= 4 is 43.5 Å². The quantitative estimate of drug-likeness (QED) is 0.366. The first kappa shape index (κ1) is 29.8. The zero-order valence-corrected chi connectivity index (χ0v) is 24.2. The fourth-order valence-electron chi connectivity index (χ4n) is 3.74. The van der Waals surface area contributed by atoms with Gasteiger partial charge < -0.3 is 10.2 Å². The molecular weight excluding hydrogens is 542 g/mol. The van der Waals surface area contributed by atoms with Crippen LogP contribution in [-0.4, -0.2) is 50.0 Å². The van der Waals surface area contributed by atoms with Crippen LogP contribution in [0.1, 0.15) is 58.1 Å². The number of hydrogen-bond donors (Lipinski definition) is 1. The van der Waals surface area contributed by atoms with E-state index in [0.717, 1.165) is 28.4 Å². The maximum Gasteiger partial charge on any atom is 0.242 e. The lowest BCUT2D eigenvalue weighted by Gasteiger charge is -2.30. The summed E-state index contributed by atoms with van der Waals surface area (Å²) in [4.78, 5) is 27.8. The van der Waals surface area contributed by atoms with Gasteiger partial charge in [-0.2, -0.15) is 0 Å². The molecule has 0 aliphatic rings. The molecule has 2 amide bonds. The van der Waals surface area contributed by atoms with E-state index in [2.05, 4.69) is 21.2 Å². The number of rotatable bonds is 13. The number of sulfonamides is 1. The van der Waals surface area contributed by atoms with Crippen LogP contribution in [0, 0.1) is 0 Å². The monoisotopic (exact) mass is 579 g/mol. The largest absolute Gasteiger partial charge is 0.352 e. The van der Waals surface area contributed by atoms with Crippen LogP contribution in [0.3, 0.4) is 0 Å². The Balaban J connectivity index is 2.16. The minimum absolute atomic E-state index is 0.00648. The van der Waals surface area contributed by atoms with Crippen LogP contribution < -0.4 is 9.62 Å². The van der Waals surface area contributed by atoms with Crippen molar-refractivity contribution in [2.75, 3.05) is 17.1 Å². The average Bonchev–Trinajstić information content (AvgIpc) is 2.85. The van der Waals surface area contributed by atoms with Gasteiger partial charge in [0.2, 0.25) is 21.8 Å². The Labute approximate surface area is 224 Å². The molecule has 0 aromatic heterocycles. The predicted octanol–water partition coefficient (Wildman–Crippen LogP) is 4.89. The maximum absolute atomic E-state index is 13.3. The summed E-state index contributed by atoms with van der Waals surface area (Å²) in [5, 5.41) is 2.96. The lowest BCUT2D eigenvalue weighted by atomic mass is 10.1. The summed E-state index contributed by atoms with van der Waals surface area (Å²) in [6.07, 6.45) is 3.28. The summed E-state index contributed by atoms with van der Waals surface area (Å²) in [6, 6.07) is 14.4. The van der Waals surface area contributed by atoms with Crippen LogP contribution in [0.25, 0.3) is 0 Å². The van der Waals surface area contributed by atoms with Gasteiger partial charge in [-0.1, -0.05) is 54.0 Å². The first-order valence-corrected chi connectivity index (χ1v) is 15.0. The van der Waals surface area contributed by atoms with Crippen LogP contribution in [0.2, 0.25) is 0 Å². The standard InChI is InChI=1S/C27H38BrN3O4S/c1-6-20(3)29-27(33)21(4)30(19-23-10-14-24(28)15-11-23)26(32)9-8-18-31(36(5,34)35)25-16-12-22(7-2)13-17-25/h10-17,20-21H,6-9,18-19H2,1-5H3,(H,29,33)/t20-,21+/m0/s1. The molecule has 0 aliphatic carbocycles. The van der Waals surface area contributed by atoms with Gasteiger partial charge >= 0.3 is 0 Å². The Hall–Kier alpha value is -2.39. The van der Waals surface area contributed by atoms with Gasteiger partial charge in [-0.05, 0) is 68.5 Å². The normalized spacial score (nSPS) is 13.1. The number of carbonyl (C=O) groups excluding carboxylic acids is 2. The molecule has 0 aliphatic heterocycles. The lowest BCUT2D eigenvalue weighted by Crippen LogP contribution is -2.49. The minimum atomic E-state index is -3.51. The summed E-state index contributed by atoms with van der Waals surface area (Å²) in [5.41, 5.74) is 2.61. The van der Waals surface area contributed by atoms with Gasteiger partial charge in [0.15, 0.2) is 0 Å². The summed E-state index contributed by atoms with van der Waals surface area (Å²) in [7, 11) is -3.51. The molecule has 2 aromatic carbocycles. The van der Waals surface area contributed by atoms with Gasteiger partial charge in [0, 0.05) is 30.0 Å². The van der Waals surface area contributed by atoms with Crippen molar-refractivity contribution in [3.05, 3.63) is 64.1 Å². The van der Waals surface area contributed by atoms with Crippen molar-refractivity contribution in [3.63, 3.8) is 0 Å². The van der Waals surface area contributed by atoms with Crippen molar-refractivity contribution in [3.8, 4) is 0 Å². The van der Waals surface area contributed by atoms with Crippen LogP contribution in [0.15, 0.2) is 53.0 Å². The number of anilines is 1. The van der Waals surface area contributed by atoms with E-state index in [1.165, 1.54) is 10.6 Å². The number of nitrogens with zero attached hydrogens (tertiary/aromatic N) is 2. The first-order chi connectivity index (χ1) is 17.0. The average molecular weight is 581 g/mol. The second-order valence-electron chi connectivity index (χ2n) is 9.10. The Kier molecular flexibility index (Phi) is 11.4. The molecule has 2 rings (SSSR count). The smallest absolute Gasteiger partial charge is 0.242 e. The molecule has 0 unspecified atom stereocenters. The highest BCUT2D eigenvalue weighted by Gasteiger charge is 2.27. The zero-order chi connectivity index (χ0) is 26.9. The Morgan fingerprint density at radius 2 is 1.56 bits per heavy atom. The van der Waals surface area contributed by atoms with E-state index in [4.69, 9.17) is 0 Å². The number of nitrogens with one attached hydrogen (secondary N) is 1. The van der Waals surface area contributed by atoms with Crippen LogP contribution in [0.4, 0.5) is 5.69 Å². The third-order valence-corrected chi connectivity index (χ3v) is 7.94. The van der Waals surface area contributed by atoms with Gasteiger partial charge in [0.05, 0.1) is 11.9 Å². The molecule has 198 valence electrons. The fraction of sp³-hybridized carbons (Fsp3) is 0.481. The molecule has 0 saturated carbocycles. The van der Waals surface area contributed by atoms with Gasteiger partial charge in [-0.25, -0.2) is 8.42 Å². The SMILES string of the molecule is CCc1ccc(N(CCCC(=O)N(Cc2ccc(Br)cc2)[C@H](C)C(=O)N[C@@H](C)CC)S(C)(=O)=O)cc1. The van der Waals surface area contributed by atoms with Crippen LogP contribution in [0.5, 0.6) is 0 Å². The van der Waals surface area contributed by atoms with Gasteiger partial charge in [0.25, 0.3) is 0 Å². The molecule has 7 nitrogen and oxygen atoms in total. The molecule has 0 spiro atoms. The minimum Gasteiger partial charge on any atom is -0.352 e. The topological polar surface area (TPSA) is 86.8 Å². The third kappa shape index (κ3) is 8.92. The molecule has 0 heterocycles. The van der Waals surface area contributed by atoms with E-state index in [0.29, 0.717) is 12.1 Å². The number of carbonyl (C=O) groups is 2. The van der Waals surface area contributed by atoms with Crippen molar-refractivity contribution in [2.45, 2.75) is 72.0 Å². The Morgan fingerprint density at radius 1 is 0.972 bits per heavy atom.